The van der Waals surface area contributed by atoms with Crippen molar-refractivity contribution >= 4 is 46.4 Å². The van der Waals surface area contributed by atoms with E-state index in [0.717, 1.165) is 0 Å². The molecule has 0 fully saturated rings. The number of carbonyl (C=O) groups is 2. The number of carboxylic acid groups (broad SMARTS) is 2. The fourth-order valence-electron chi connectivity index (χ4n) is 1.37. The molecule has 8 heteroatoms. The first-order valence-corrected chi connectivity index (χ1v) is 7.24. The number of unbranched alkanes of at least 4 members (excludes halogenated alkanes) is 2. The summed E-state index contributed by atoms with van der Waals surface area (Å²) in [5.74, 6) is -1.60. The molecule has 0 amide bonds. The first-order chi connectivity index (χ1) is 9.43. The molecule has 0 unspecified atom stereocenters. The Balaban J connectivity index is 3.54. The van der Waals surface area contributed by atoms with E-state index in [2.05, 4.69) is 10.6 Å². The molecule has 0 aromatic carbocycles. The van der Waals surface area contributed by atoms with Crippen LogP contribution in [0.2, 0.25) is 0 Å². The molecule has 0 aliphatic heterocycles. The SMILES string of the molecule is O=C(O)CCCCNC(=S)C(=S)NCCCCC(=O)O. The van der Waals surface area contributed by atoms with Crippen molar-refractivity contribution in [3.8, 4) is 0 Å². The third-order valence-electron chi connectivity index (χ3n) is 2.41. The lowest BCUT2D eigenvalue weighted by Gasteiger charge is -2.10. The fourth-order valence-corrected chi connectivity index (χ4v) is 1.72. The van der Waals surface area contributed by atoms with E-state index in [-0.39, 0.29) is 12.8 Å². The molecule has 0 aromatic heterocycles. The van der Waals surface area contributed by atoms with Crippen LogP contribution in [0.3, 0.4) is 0 Å². The van der Waals surface area contributed by atoms with E-state index in [0.29, 0.717) is 48.7 Å². The third-order valence-corrected chi connectivity index (χ3v) is 3.24. The maximum Gasteiger partial charge on any atom is 0.303 e. The molecule has 0 aromatic rings. The molecule has 0 heterocycles. The molecule has 0 rings (SSSR count). The number of hydrogen-bond donors (Lipinski definition) is 4. The molecule has 20 heavy (non-hydrogen) atoms. The first kappa shape index (κ1) is 18.7. The molecule has 0 atom stereocenters. The van der Waals surface area contributed by atoms with Crippen molar-refractivity contribution in [1.29, 1.82) is 0 Å². The van der Waals surface area contributed by atoms with E-state index in [1.807, 2.05) is 0 Å². The number of hydrogen-bond acceptors (Lipinski definition) is 4. The molecule has 114 valence electrons. The van der Waals surface area contributed by atoms with E-state index >= 15 is 0 Å². The highest BCUT2D eigenvalue weighted by atomic mass is 32.1. The molecule has 0 aliphatic carbocycles. The second-order valence-corrected chi connectivity index (χ2v) is 5.03. The predicted octanol–water partition coefficient (Wildman–Crippen LogP) is 1.33. The Hall–Kier alpha value is -1.28. The Kier molecular flexibility index (Phi) is 10.8. The van der Waals surface area contributed by atoms with Gasteiger partial charge in [-0.3, -0.25) is 9.59 Å². The van der Waals surface area contributed by atoms with Crippen LogP contribution >= 0.6 is 24.4 Å². The highest BCUT2D eigenvalue weighted by Crippen LogP contribution is 1.95. The second-order valence-electron chi connectivity index (χ2n) is 4.21. The Morgan fingerprint density at radius 2 is 1.10 bits per heavy atom. The van der Waals surface area contributed by atoms with Gasteiger partial charge in [0.1, 0.15) is 9.98 Å². The standard InChI is InChI=1S/C12H20N2O4S2/c15-9(16)5-1-3-7-13-11(19)12(20)14-8-4-2-6-10(17)18/h1-8H2,(H,13,19)(H,14,20)(H,15,16)(H,17,18). The van der Waals surface area contributed by atoms with Gasteiger partial charge in [0.05, 0.1) is 0 Å². The van der Waals surface area contributed by atoms with Crippen molar-refractivity contribution in [2.75, 3.05) is 13.1 Å². The first-order valence-electron chi connectivity index (χ1n) is 6.43. The molecule has 0 aliphatic rings. The molecule has 4 N–H and O–H groups in total. The lowest BCUT2D eigenvalue weighted by molar-refractivity contribution is -0.138. The van der Waals surface area contributed by atoms with Gasteiger partial charge in [0.25, 0.3) is 0 Å². The minimum Gasteiger partial charge on any atom is -0.481 e. The van der Waals surface area contributed by atoms with Gasteiger partial charge in [0.15, 0.2) is 0 Å². The molecular weight excluding hydrogens is 300 g/mol. The van der Waals surface area contributed by atoms with Gasteiger partial charge >= 0.3 is 11.9 Å². The molecule has 6 nitrogen and oxygen atoms in total. The van der Waals surface area contributed by atoms with Crippen LogP contribution in [0, 0.1) is 0 Å². The van der Waals surface area contributed by atoms with Crippen LogP contribution in [0.1, 0.15) is 38.5 Å². The summed E-state index contributed by atoms with van der Waals surface area (Å²) >= 11 is 10.1. The highest BCUT2D eigenvalue weighted by molar-refractivity contribution is 7.89. The van der Waals surface area contributed by atoms with Gasteiger partial charge in [0, 0.05) is 25.9 Å². The highest BCUT2D eigenvalue weighted by Gasteiger charge is 2.04. The number of thiocarbonyl (C=S) groups is 2. The number of carboxylic acids is 2. The molecule has 0 saturated heterocycles. The number of nitrogens with one attached hydrogen (secondary N) is 2. The molecule has 0 spiro atoms. The van der Waals surface area contributed by atoms with Gasteiger partial charge in [0.2, 0.25) is 0 Å². The Labute approximate surface area is 128 Å². The Morgan fingerprint density at radius 1 is 0.750 bits per heavy atom. The summed E-state index contributed by atoms with van der Waals surface area (Å²) in [6.45, 7) is 1.18. The van der Waals surface area contributed by atoms with E-state index in [9.17, 15) is 9.59 Å². The summed E-state index contributed by atoms with van der Waals surface area (Å²) in [7, 11) is 0. The van der Waals surface area contributed by atoms with Gasteiger partial charge in [-0.05, 0) is 25.7 Å². The van der Waals surface area contributed by atoms with Crippen LogP contribution in [-0.4, -0.2) is 45.2 Å². The van der Waals surface area contributed by atoms with Gasteiger partial charge < -0.3 is 20.8 Å². The van der Waals surface area contributed by atoms with E-state index in [1.165, 1.54) is 0 Å². The lowest BCUT2D eigenvalue weighted by Crippen LogP contribution is -2.38. The van der Waals surface area contributed by atoms with Crippen molar-refractivity contribution in [2.24, 2.45) is 0 Å². The summed E-state index contributed by atoms with van der Waals surface area (Å²) in [6, 6.07) is 0. The summed E-state index contributed by atoms with van der Waals surface area (Å²) in [5, 5.41) is 22.9. The Bertz CT molecular complexity index is 327. The molecule has 0 bridgehead atoms. The molecule has 0 radical (unpaired) electrons. The topological polar surface area (TPSA) is 98.7 Å². The van der Waals surface area contributed by atoms with Crippen LogP contribution in [-0.2, 0) is 9.59 Å². The summed E-state index contributed by atoms with van der Waals surface area (Å²) < 4.78 is 0. The van der Waals surface area contributed by atoms with Crippen molar-refractivity contribution in [3.63, 3.8) is 0 Å². The summed E-state index contributed by atoms with van der Waals surface area (Å²) in [4.78, 5) is 21.5. The average Bonchev–Trinajstić information content (AvgIpc) is 2.36. The lowest BCUT2D eigenvalue weighted by atomic mass is 10.2. The second kappa shape index (κ2) is 11.5. The maximum absolute atomic E-state index is 10.3. The quantitative estimate of drug-likeness (QED) is 0.353. The minimum absolute atomic E-state index is 0.153. The third kappa shape index (κ3) is 11.8. The van der Waals surface area contributed by atoms with Crippen LogP contribution < -0.4 is 10.6 Å². The van der Waals surface area contributed by atoms with Crippen molar-refractivity contribution < 1.29 is 19.8 Å². The largest absolute Gasteiger partial charge is 0.481 e. The fraction of sp³-hybridized carbons (Fsp3) is 0.667. The van der Waals surface area contributed by atoms with Gasteiger partial charge in [-0.25, -0.2) is 0 Å². The minimum atomic E-state index is -0.800. The van der Waals surface area contributed by atoms with Gasteiger partial charge in [-0.15, -0.1) is 0 Å². The van der Waals surface area contributed by atoms with E-state index < -0.39 is 11.9 Å². The van der Waals surface area contributed by atoms with Gasteiger partial charge in [-0.1, -0.05) is 24.4 Å². The zero-order valence-electron chi connectivity index (χ0n) is 11.2. The zero-order chi connectivity index (χ0) is 15.4. The predicted molar refractivity (Wildman–Crippen MR) is 84.2 cm³/mol. The number of aliphatic carboxylic acids is 2. The molecule has 0 saturated carbocycles. The van der Waals surface area contributed by atoms with E-state index in [4.69, 9.17) is 34.6 Å². The van der Waals surface area contributed by atoms with Crippen LogP contribution in [0.4, 0.5) is 0 Å². The summed E-state index contributed by atoms with van der Waals surface area (Å²) in [5.41, 5.74) is 0. The van der Waals surface area contributed by atoms with E-state index in [1.54, 1.807) is 0 Å². The smallest absolute Gasteiger partial charge is 0.303 e. The van der Waals surface area contributed by atoms with Crippen LogP contribution in [0.5, 0.6) is 0 Å². The van der Waals surface area contributed by atoms with Crippen LogP contribution in [0.15, 0.2) is 0 Å². The Morgan fingerprint density at radius 3 is 1.40 bits per heavy atom. The van der Waals surface area contributed by atoms with Crippen molar-refractivity contribution in [1.82, 2.24) is 10.6 Å². The number of rotatable bonds is 10. The van der Waals surface area contributed by atoms with Crippen molar-refractivity contribution in [2.45, 2.75) is 38.5 Å². The average molecular weight is 320 g/mol. The summed E-state index contributed by atoms with van der Waals surface area (Å²) in [6.07, 6.45) is 2.93. The molecular formula is C12H20N2O4S2. The van der Waals surface area contributed by atoms with Crippen molar-refractivity contribution in [3.05, 3.63) is 0 Å². The normalized spacial score (nSPS) is 9.80. The monoisotopic (exact) mass is 320 g/mol. The van der Waals surface area contributed by atoms with Crippen LogP contribution in [0.25, 0.3) is 0 Å². The zero-order valence-corrected chi connectivity index (χ0v) is 12.8. The van der Waals surface area contributed by atoms with Gasteiger partial charge in [-0.2, -0.15) is 0 Å². The maximum atomic E-state index is 10.3.